The number of aryl methyl sites for hydroxylation is 3. The molecule has 0 fully saturated rings. The van der Waals surface area contributed by atoms with Gasteiger partial charge in [-0.1, -0.05) is 53.1 Å². The van der Waals surface area contributed by atoms with Crippen LogP contribution in [0.2, 0.25) is 0 Å². The number of benzene rings is 3. The van der Waals surface area contributed by atoms with E-state index in [1.807, 2.05) is 45.0 Å². The minimum absolute atomic E-state index is 0.156. The Morgan fingerprint density at radius 2 is 1.08 bits per heavy atom. The highest BCUT2D eigenvalue weighted by Gasteiger charge is 2.44. The molecule has 0 saturated heterocycles. The standard InChI is InChI=1S/C21H19O3PS/c1-14-4-8-17(9-5-14)25(22)18-12-15(2)6-10-20(18)26(23,24)21-11-7-16(3)13-19(21)25/h4-13H,1-3H3. The fraction of sp³-hybridized carbons (Fsp3) is 0.143. The summed E-state index contributed by atoms with van der Waals surface area (Å²) < 4.78 is 40.9. The molecule has 0 aliphatic carbocycles. The fourth-order valence-electron chi connectivity index (χ4n) is 3.48. The third-order valence-corrected chi connectivity index (χ3v) is 10.2. The van der Waals surface area contributed by atoms with E-state index in [1.54, 1.807) is 36.4 Å². The second-order valence-electron chi connectivity index (χ2n) is 6.89. The highest BCUT2D eigenvalue weighted by molar-refractivity contribution is 7.96. The summed E-state index contributed by atoms with van der Waals surface area (Å²) >= 11 is 0. The van der Waals surface area contributed by atoms with Crippen LogP contribution < -0.4 is 15.9 Å². The molecule has 4 rings (SSSR count). The average Bonchev–Trinajstić information content (AvgIpc) is 2.60. The number of hydrogen-bond donors (Lipinski definition) is 0. The largest absolute Gasteiger partial charge is 0.309 e. The van der Waals surface area contributed by atoms with Crippen molar-refractivity contribution in [2.45, 2.75) is 30.6 Å². The highest BCUT2D eigenvalue weighted by atomic mass is 32.2. The van der Waals surface area contributed by atoms with E-state index in [2.05, 4.69) is 0 Å². The fourth-order valence-corrected chi connectivity index (χ4v) is 9.30. The topological polar surface area (TPSA) is 51.2 Å². The molecular formula is C21H19O3PS. The molecule has 3 aromatic rings. The summed E-state index contributed by atoms with van der Waals surface area (Å²) in [7, 11) is -6.97. The number of fused-ring (bicyclic) bond motifs is 2. The van der Waals surface area contributed by atoms with Gasteiger partial charge in [0.15, 0.2) is 7.14 Å². The first kappa shape index (κ1) is 17.3. The van der Waals surface area contributed by atoms with E-state index in [1.165, 1.54) is 0 Å². The Bertz CT molecular complexity index is 1130. The summed E-state index contributed by atoms with van der Waals surface area (Å²) in [5, 5.41) is 1.50. The Kier molecular flexibility index (Phi) is 3.76. The van der Waals surface area contributed by atoms with Crippen LogP contribution in [-0.2, 0) is 14.4 Å². The van der Waals surface area contributed by atoms with Gasteiger partial charge in [-0.25, -0.2) is 8.42 Å². The SMILES string of the molecule is Cc1ccc(P2(=O)c3cc(C)ccc3S(=O)(=O)c3ccc(C)cc32)cc1. The Morgan fingerprint density at radius 1 is 0.654 bits per heavy atom. The van der Waals surface area contributed by atoms with E-state index < -0.39 is 17.0 Å². The van der Waals surface area contributed by atoms with Gasteiger partial charge in [0, 0.05) is 15.9 Å². The number of sulfone groups is 1. The molecule has 0 bridgehead atoms. The molecule has 132 valence electrons. The lowest BCUT2D eigenvalue weighted by molar-refractivity contribution is 0.585. The van der Waals surface area contributed by atoms with Crippen molar-refractivity contribution in [3.63, 3.8) is 0 Å². The smallest absolute Gasteiger partial charge is 0.208 e. The van der Waals surface area contributed by atoms with Gasteiger partial charge in [0.2, 0.25) is 9.84 Å². The van der Waals surface area contributed by atoms with Crippen LogP contribution in [0.5, 0.6) is 0 Å². The molecule has 0 N–H and O–H groups in total. The summed E-state index contributed by atoms with van der Waals surface area (Å²) in [6.45, 7) is 5.75. The van der Waals surface area contributed by atoms with Crippen molar-refractivity contribution < 1.29 is 13.0 Å². The van der Waals surface area contributed by atoms with Gasteiger partial charge in [-0.2, -0.15) is 0 Å². The van der Waals surface area contributed by atoms with Crippen molar-refractivity contribution in [3.8, 4) is 0 Å². The lowest BCUT2D eigenvalue weighted by Gasteiger charge is -2.29. The van der Waals surface area contributed by atoms with Crippen molar-refractivity contribution in [3.05, 3.63) is 77.4 Å². The van der Waals surface area contributed by atoms with E-state index in [0.717, 1.165) is 16.7 Å². The van der Waals surface area contributed by atoms with Crippen LogP contribution in [0.15, 0.2) is 70.5 Å². The van der Waals surface area contributed by atoms with E-state index in [0.29, 0.717) is 15.9 Å². The van der Waals surface area contributed by atoms with Gasteiger partial charge in [0.1, 0.15) is 0 Å². The normalized spacial score (nSPS) is 16.6. The summed E-state index contributed by atoms with van der Waals surface area (Å²) in [5.41, 5.74) is 2.85. The second-order valence-corrected chi connectivity index (χ2v) is 11.5. The molecule has 1 aliphatic rings. The van der Waals surface area contributed by atoms with Crippen molar-refractivity contribution in [2.75, 3.05) is 0 Å². The first-order valence-electron chi connectivity index (χ1n) is 8.39. The summed E-state index contributed by atoms with van der Waals surface area (Å²) in [4.78, 5) is 0.312. The zero-order valence-electron chi connectivity index (χ0n) is 14.9. The lowest BCUT2D eigenvalue weighted by atomic mass is 10.2. The second kappa shape index (κ2) is 5.67. The molecule has 0 amide bonds. The van der Waals surface area contributed by atoms with E-state index >= 15 is 0 Å². The predicted molar refractivity (Wildman–Crippen MR) is 105 cm³/mol. The van der Waals surface area contributed by atoms with Crippen LogP contribution in [0.3, 0.4) is 0 Å². The minimum atomic E-state index is -3.69. The molecule has 0 atom stereocenters. The lowest BCUT2D eigenvalue weighted by Crippen LogP contribution is -2.36. The van der Waals surface area contributed by atoms with Crippen LogP contribution in [0, 0.1) is 20.8 Å². The van der Waals surface area contributed by atoms with Crippen LogP contribution in [0.25, 0.3) is 0 Å². The van der Waals surface area contributed by atoms with Gasteiger partial charge in [-0.15, -0.1) is 0 Å². The molecule has 26 heavy (non-hydrogen) atoms. The van der Waals surface area contributed by atoms with Crippen LogP contribution in [0.1, 0.15) is 16.7 Å². The number of rotatable bonds is 1. The number of hydrogen-bond acceptors (Lipinski definition) is 3. The van der Waals surface area contributed by atoms with Crippen LogP contribution in [-0.4, -0.2) is 8.42 Å². The molecule has 0 unspecified atom stereocenters. The van der Waals surface area contributed by atoms with Crippen LogP contribution in [0.4, 0.5) is 0 Å². The Balaban J connectivity index is 2.19. The third kappa shape index (κ3) is 2.33. The van der Waals surface area contributed by atoms with Crippen molar-refractivity contribution >= 4 is 32.9 Å². The van der Waals surface area contributed by atoms with Crippen molar-refractivity contribution in [1.29, 1.82) is 0 Å². The van der Waals surface area contributed by atoms with Crippen LogP contribution >= 0.6 is 7.14 Å². The van der Waals surface area contributed by atoms with E-state index in [4.69, 9.17) is 0 Å². The van der Waals surface area contributed by atoms with Gasteiger partial charge in [-0.05, 0) is 45.0 Å². The molecule has 0 spiro atoms. The van der Waals surface area contributed by atoms with Gasteiger partial charge < -0.3 is 4.57 Å². The van der Waals surface area contributed by atoms with Gasteiger partial charge >= 0.3 is 0 Å². The molecule has 0 aromatic heterocycles. The van der Waals surface area contributed by atoms with E-state index in [-0.39, 0.29) is 9.79 Å². The van der Waals surface area contributed by atoms with Gasteiger partial charge in [-0.3, -0.25) is 0 Å². The molecule has 1 heterocycles. The van der Waals surface area contributed by atoms with E-state index in [9.17, 15) is 13.0 Å². The first-order chi connectivity index (χ1) is 12.2. The predicted octanol–water partition coefficient (Wildman–Crippen LogP) is 3.40. The summed E-state index contributed by atoms with van der Waals surface area (Å²) in [6.07, 6.45) is 0. The Labute approximate surface area is 154 Å². The molecule has 3 aromatic carbocycles. The zero-order valence-corrected chi connectivity index (χ0v) is 16.6. The minimum Gasteiger partial charge on any atom is -0.309 e. The molecule has 0 saturated carbocycles. The van der Waals surface area contributed by atoms with Gasteiger partial charge in [0.05, 0.1) is 9.79 Å². The average molecular weight is 382 g/mol. The summed E-state index contributed by atoms with van der Waals surface area (Å²) in [5.74, 6) is 0. The maximum absolute atomic E-state index is 14.5. The molecule has 0 radical (unpaired) electrons. The maximum atomic E-state index is 14.5. The first-order valence-corrected chi connectivity index (χ1v) is 11.6. The van der Waals surface area contributed by atoms with Crippen molar-refractivity contribution in [2.24, 2.45) is 0 Å². The molecule has 3 nitrogen and oxygen atoms in total. The Morgan fingerprint density at radius 3 is 1.54 bits per heavy atom. The monoisotopic (exact) mass is 382 g/mol. The quantitative estimate of drug-likeness (QED) is 0.474. The molecular weight excluding hydrogens is 363 g/mol. The summed E-state index contributed by atoms with van der Waals surface area (Å²) in [6, 6.07) is 17.8. The molecule has 5 heteroatoms. The highest BCUT2D eigenvalue weighted by Crippen LogP contribution is 2.50. The Hall–Kier alpha value is -2.16. The van der Waals surface area contributed by atoms with Gasteiger partial charge in [0.25, 0.3) is 0 Å². The maximum Gasteiger partial charge on any atom is 0.208 e. The van der Waals surface area contributed by atoms with Crippen molar-refractivity contribution in [1.82, 2.24) is 0 Å². The zero-order chi connectivity index (χ0) is 18.7. The third-order valence-electron chi connectivity index (χ3n) is 4.88. The molecule has 1 aliphatic heterocycles.